The van der Waals surface area contributed by atoms with Crippen LogP contribution in [0.5, 0.6) is 0 Å². The second-order valence-corrected chi connectivity index (χ2v) is 4.52. The highest BCUT2D eigenvalue weighted by Gasteiger charge is 2.18. The van der Waals surface area contributed by atoms with Crippen LogP contribution in [-0.2, 0) is 4.74 Å². The molecule has 1 aromatic rings. The minimum atomic E-state index is 0.639. The van der Waals surface area contributed by atoms with Crippen molar-refractivity contribution in [2.45, 2.75) is 20.3 Å². The fraction of sp³-hybridized carbons (Fsp3) is 0.667. The summed E-state index contributed by atoms with van der Waals surface area (Å²) in [5, 5.41) is 0. The number of ether oxygens (including phenoxy) is 1. The highest BCUT2D eigenvalue weighted by molar-refractivity contribution is 5.38. The van der Waals surface area contributed by atoms with Crippen molar-refractivity contribution in [1.82, 2.24) is 9.97 Å². The Morgan fingerprint density at radius 2 is 2.25 bits per heavy atom. The van der Waals surface area contributed by atoms with E-state index in [0.717, 1.165) is 43.5 Å². The Kier molecular flexibility index (Phi) is 3.39. The van der Waals surface area contributed by atoms with Gasteiger partial charge in [-0.3, -0.25) is 0 Å². The number of aromatic nitrogens is 2. The zero-order valence-electron chi connectivity index (χ0n) is 10.2. The summed E-state index contributed by atoms with van der Waals surface area (Å²) in [4.78, 5) is 10.9. The van der Waals surface area contributed by atoms with Crippen LogP contribution in [0.3, 0.4) is 0 Å². The number of anilines is 1. The van der Waals surface area contributed by atoms with E-state index in [1.165, 1.54) is 0 Å². The van der Waals surface area contributed by atoms with Gasteiger partial charge in [-0.2, -0.15) is 0 Å². The Balaban J connectivity index is 2.04. The maximum Gasteiger partial charge on any atom is 0.132 e. The fourth-order valence-electron chi connectivity index (χ4n) is 2.10. The molecule has 16 heavy (non-hydrogen) atoms. The van der Waals surface area contributed by atoms with E-state index in [4.69, 9.17) is 4.74 Å². The highest BCUT2D eigenvalue weighted by atomic mass is 16.5. The molecule has 4 heteroatoms. The third-order valence-electron chi connectivity index (χ3n) is 2.90. The van der Waals surface area contributed by atoms with Crippen molar-refractivity contribution in [3.05, 3.63) is 17.6 Å². The molecule has 1 saturated heterocycles. The summed E-state index contributed by atoms with van der Waals surface area (Å²) in [6.45, 7) is 6.73. The lowest BCUT2D eigenvalue weighted by molar-refractivity contribution is 0.186. The summed E-state index contributed by atoms with van der Waals surface area (Å²) in [5.41, 5.74) is 1.03. The van der Waals surface area contributed by atoms with Gasteiger partial charge in [0, 0.05) is 37.9 Å². The van der Waals surface area contributed by atoms with Gasteiger partial charge in [-0.25, -0.2) is 9.97 Å². The summed E-state index contributed by atoms with van der Waals surface area (Å²) in [6, 6.07) is 2.03. The molecule has 2 heterocycles. The quantitative estimate of drug-likeness (QED) is 0.776. The minimum absolute atomic E-state index is 0.639. The van der Waals surface area contributed by atoms with Crippen molar-refractivity contribution in [2.24, 2.45) is 5.92 Å². The molecule has 0 aliphatic carbocycles. The van der Waals surface area contributed by atoms with E-state index in [1.807, 2.05) is 19.9 Å². The first-order valence-electron chi connectivity index (χ1n) is 5.76. The van der Waals surface area contributed by atoms with Crippen molar-refractivity contribution in [3.63, 3.8) is 0 Å². The van der Waals surface area contributed by atoms with Gasteiger partial charge >= 0.3 is 0 Å². The predicted molar refractivity (Wildman–Crippen MR) is 63.7 cm³/mol. The normalized spacial score (nSPS) is 20.1. The van der Waals surface area contributed by atoms with Gasteiger partial charge in [0.15, 0.2) is 0 Å². The van der Waals surface area contributed by atoms with Crippen LogP contribution in [-0.4, -0.2) is 36.8 Å². The summed E-state index contributed by atoms with van der Waals surface area (Å²) in [7, 11) is 2.08. The fourth-order valence-corrected chi connectivity index (χ4v) is 2.10. The zero-order chi connectivity index (χ0) is 11.5. The number of hydrogen-bond donors (Lipinski definition) is 0. The zero-order valence-corrected chi connectivity index (χ0v) is 10.2. The first-order chi connectivity index (χ1) is 7.65. The summed E-state index contributed by atoms with van der Waals surface area (Å²) >= 11 is 0. The van der Waals surface area contributed by atoms with Gasteiger partial charge in [-0.15, -0.1) is 0 Å². The highest BCUT2D eigenvalue weighted by Crippen LogP contribution is 2.17. The molecule has 1 atom stereocenters. The molecule has 0 unspecified atom stereocenters. The number of nitrogens with zero attached hydrogens (tertiary/aromatic N) is 3. The minimum Gasteiger partial charge on any atom is -0.381 e. The lowest BCUT2D eigenvalue weighted by Gasteiger charge is -2.21. The van der Waals surface area contributed by atoms with Gasteiger partial charge in [0.05, 0.1) is 6.61 Å². The lowest BCUT2D eigenvalue weighted by atomic mass is 10.1. The third kappa shape index (κ3) is 2.70. The average Bonchev–Trinajstić information content (AvgIpc) is 2.68. The van der Waals surface area contributed by atoms with Gasteiger partial charge in [0.1, 0.15) is 11.6 Å². The van der Waals surface area contributed by atoms with Crippen LogP contribution in [0.2, 0.25) is 0 Å². The topological polar surface area (TPSA) is 38.2 Å². The summed E-state index contributed by atoms with van der Waals surface area (Å²) < 4.78 is 5.38. The first kappa shape index (κ1) is 11.3. The molecule has 1 aliphatic rings. The molecule has 0 aromatic carbocycles. The molecule has 2 rings (SSSR count). The standard InChI is InChI=1S/C12H19N3O/c1-9-6-12(14-10(2)13-9)15(3)7-11-4-5-16-8-11/h6,11H,4-5,7-8H2,1-3H3/t11-/m0/s1. The van der Waals surface area contributed by atoms with E-state index in [2.05, 4.69) is 21.9 Å². The van der Waals surface area contributed by atoms with Crippen LogP contribution >= 0.6 is 0 Å². The molecule has 0 bridgehead atoms. The van der Waals surface area contributed by atoms with Crippen molar-refractivity contribution < 1.29 is 4.74 Å². The maximum atomic E-state index is 5.38. The molecule has 0 saturated carbocycles. The first-order valence-corrected chi connectivity index (χ1v) is 5.76. The van der Waals surface area contributed by atoms with Gasteiger partial charge in [-0.1, -0.05) is 0 Å². The van der Waals surface area contributed by atoms with E-state index in [-0.39, 0.29) is 0 Å². The molecular weight excluding hydrogens is 202 g/mol. The monoisotopic (exact) mass is 221 g/mol. The van der Waals surface area contributed by atoms with Gasteiger partial charge in [0.25, 0.3) is 0 Å². The Bertz CT molecular complexity index is 341. The van der Waals surface area contributed by atoms with Crippen LogP contribution in [0.15, 0.2) is 6.07 Å². The van der Waals surface area contributed by atoms with Gasteiger partial charge in [-0.05, 0) is 20.3 Å². The molecule has 0 N–H and O–H groups in total. The SMILES string of the molecule is Cc1cc(N(C)C[C@@H]2CCOC2)nc(C)n1. The van der Waals surface area contributed by atoms with Crippen LogP contribution in [0.4, 0.5) is 5.82 Å². The van der Waals surface area contributed by atoms with Crippen molar-refractivity contribution >= 4 is 5.82 Å². The van der Waals surface area contributed by atoms with E-state index in [9.17, 15) is 0 Å². The largest absolute Gasteiger partial charge is 0.381 e. The van der Waals surface area contributed by atoms with E-state index in [0.29, 0.717) is 5.92 Å². The Hall–Kier alpha value is -1.16. The maximum absolute atomic E-state index is 5.38. The van der Waals surface area contributed by atoms with Crippen LogP contribution < -0.4 is 4.90 Å². The van der Waals surface area contributed by atoms with Gasteiger partial charge < -0.3 is 9.64 Å². The Morgan fingerprint density at radius 3 is 2.88 bits per heavy atom. The molecule has 4 nitrogen and oxygen atoms in total. The number of aryl methyl sites for hydroxylation is 2. The molecule has 1 aliphatic heterocycles. The lowest BCUT2D eigenvalue weighted by Crippen LogP contribution is -2.26. The molecule has 0 amide bonds. The second kappa shape index (κ2) is 4.78. The van der Waals surface area contributed by atoms with E-state index in [1.54, 1.807) is 0 Å². The average molecular weight is 221 g/mol. The molecule has 0 radical (unpaired) electrons. The van der Waals surface area contributed by atoms with Crippen LogP contribution in [0, 0.1) is 19.8 Å². The molecule has 1 aromatic heterocycles. The summed E-state index contributed by atoms with van der Waals surface area (Å²) in [5.74, 6) is 2.49. The number of hydrogen-bond acceptors (Lipinski definition) is 4. The molecular formula is C12H19N3O. The molecule has 88 valence electrons. The Labute approximate surface area is 96.7 Å². The van der Waals surface area contributed by atoms with Crippen LogP contribution in [0.1, 0.15) is 17.9 Å². The van der Waals surface area contributed by atoms with Crippen molar-refractivity contribution in [1.29, 1.82) is 0 Å². The van der Waals surface area contributed by atoms with Crippen molar-refractivity contribution in [2.75, 3.05) is 31.7 Å². The molecule has 0 spiro atoms. The van der Waals surface area contributed by atoms with E-state index < -0.39 is 0 Å². The van der Waals surface area contributed by atoms with Crippen molar-refractivity contribution in [3.8, 4) is 0 Å². The second-order valence-electron chi connectivity index (χ2n) is 4.52. The third-order valence-corrected chi connectivity index (χ3v) is 2.90. The van der Waals surface area contributed by atoms with Gasteiger partial charge in [0.2, 0.25) is 0 Å². The molecule has 1 fully saturated rings. The summed E-state index contributed by atoms with van der Waals surface area (Å²) in [6.07, 6.45) is 1.16. The number of rotatable bonds is 3. The van der Waals surface area contributed by atoms with E-state index >= 15 is 0 Å². The predicted octanol–water partition coefficient (Wildman–Crippen LogP) is 1.57. The Morgan fingerprint density at radius 1 is 1.44 bits per heavy atom. The van der Waals surface area contributed by atoms with Crippen LogP contribution in [0.25, 0.3) is 0 Å². The smallest absolute Gasteiger partial charge is 0.132 e.